The van der Waals surface area contributed by atoms with Crippen molar-refractivity contribution in [2.75, 3.05) is 0 Å². The first kappa shape index (κ1) is 7.05. The zero-order valence-electron chi connectivity index (χ0n) is 3.57. The predicted octanol–water partition coefficient (Wildman–Crippen LogP) is 1.14. The Morgan fingerprint density at radius 2 is 1.71 bits per heavy atom. The molecule has 0 heterocycles. The molecule has 0 saturated carbocycles. The van der Waals surface area contributed by atoms with Crippen LogP contribution in [0.2, 0.25) is 0 Å². The molecule has 1 radical (unpaired) electrons. The molecule has 0 fully saturated rings. The topological polar surface area (TPSA) is 37.0 Å². The van der Waals surface area contributed by atoms with Crippen molar-refractivity contribution in [1.29, 1.82) is 0 Å². The summed E-state index contributed by atoms with van der Waals surface area (Å²) in [6.07, 6.45) is 0. The average Bonchev–Trinajstić information content (AvgIpc) is 1.31. The first-order chi connectivity index (χ1) is 2.94. The molecule has 0 rings (SSSR count). The molecule has 0 atom stereocenters. The van der Waals surface area contributed by atoms with Crippen molar-refractivity contribution >= 4 is 29.2 Å². The maximum Gasteiger partial charge on any atom is 0.390 e. The number of hydrogen-bond acceptors (Lipinski definition) is 1. The molecule has 4 heteroatoms. The minimum Gasteiger partial charge on any atom is -0.244 e. The Bertz CT molecular complexity index is 83.4. The Kier molecular flexibility index (Phi) is 1.90. The van der Waals surface area contributed by atoms with E-state index in [-0.39, 0.29) is 0 Å². The monoisotopic (exact) mass is 141 g/mol. The van der Waals surface area contributed by atoms with E-state index < -0.39 is 10.3 Å². The Morgan fingerprint density at radius 1 is 1.57 bits per heavy atom. The molecule has 0 aliphatic carbocycles. The highest BCUT2D eigenvalue weighted by Crippen LogP contribution is 2.18. The molecule has 2 nitrogen and oxygen atoms in total. The molecule has 0 aromatic heterocycles. The van der Waals surface area contributed by atoms with Crippen LogP contribution in [0.3, 0.4) is 0 Å². The van der Waals surface area contributed by atoms with E-state index in [0.717, 1.165) is 6.92 Å². The maximum atomic E-state index is 9.65. The smallest absolute Gasteiger partial charge is 0.244 e. The van der Waals surface area contributed by atoms with Crippen molar-refractivity contribution in [3.05, 3.63) is 0 Å². The second-order valence-electron chi connectivity index (χ2n) is 1.18. The molecule has 0 N–H and O–H groups in total. The lowest BCUT2D eigenvalue weighted by molar-refractivity contribution is -0.143. The van der Waals surface area contributed by atoms with Gasteiger partial charge in [-0.1, -0.05) is 23.2 Å². The van der Waals surface area contributed by atoms with E-state index in [0.29, 0.717) is 0 Å². The third-order valence-electron chi connectivity index (χ3n) is 0.358. The normalized spacial score (nSPS) is 11.3. The van der Waals surface area contributed by atoms with Crippen LogP contribution in [0.15, 0.2) is 0 Å². The van der Waals surface area contributed by atoms with Gasteiger partial charge in [0.25, 0.3) is 0 Å². The van der Waals surface area contributed by atoms with Gasteiger partial charge in [-0.3, -0.25) is 0 Å². The van der Waals surface area contributed by atoms with Gasteiger partial charge < -0.3 is 0 Å². The van der Waals surface area contributed by atoms with Crippen LogP contribution in [-0.2, 0) is 9.90 Å². The quantitative estimate of drug-likeness (QED) is 0.505. The van der Waals surface area contributed by atoms with E-state index >= 15 is 0 Å². The Morgan fingerprint density at radius 3 is 1.71 bits per heavy atom. The molecule has 0 saturated heterocycles. The van der Waals surface area contributed by atoms with Crippen LogP contribution in [0, 0.1) is 0 Å². The molecule has 0 aliphatic heterocycles. The van der Waals surface area contributed by atoms with Gasteiger partial charge in [0, 0.05) is 0 Å². The van der Waals surface area contributed by atoms with E-state index in [4.69, 9.17) is 23.2 Å². The van der Waals surface area contributed by atoms with Crippen LogP contribution < -0.4 is 0 Å². The van der Waals surface area contributed by atoms with Gasteiger partial charge in [-0.25, -0.2) is 9.90 Å². The van der Waals surface area contributed by atoms with Crippen molar-refractivity contribution in [3.63, 3.8) is 0 Å². The molecule has 0 aromatic rings. The van der Waals surface area contributed by atoms with Crippen LogP contribution in [0.1, 0.15) is 6.92 Å². The SMILES string of the molecule is CC(Cl)(Cl)C([O])=O. The largest absolute Gasteiger partial charge is 0.390 e. The molecule has 0 bridgehead atoms. The van der Waals surface area contributed by atoms with Gasteiger partial charge in [0.15, 0.2) is 0 Å². The summed E-state index contributed by atoms with van der Waals surface area (Å²) >= 11 is 9.94. The standard InChI is InChI=1S/C3H3Cl2O2/c1-3(4,5)2(6)7/h1H3. The minimum absolute atomic E-state index is 1.13. The minimum atomic E-state index is -1.75. The van der Waals surface area contributed by atoms with Crippen molar-refractivity contribution in [2.24, 2.45) is 0 Å². The lowest BCUT2D eigenvalue weighted by Crippen LogP contribution is -2.18. The molecule has 7 heavy (non-hydrogen) atoms. The third kappa shape index (κ3) is 2.71. The summed E-state index contributed by atoms with van der Waals surface area (Å²) in [5.41, 5.74) is 0. The lowest BCUT2D eigenvalue weighted by atomic mass is 10.5. The molecule has 41 valence electrons. The van der Waals surface area contributed by atoms with Gasteiger partial charge in [0.1, 0.15) is 0 Å². The van der Waals surface area contributed by atoms with E-state index in [2.05, 4.69) is 0 Å². The van der Waals surface area contributed by atoms with Gasteiger partial charge >= 0.3 is 5.97 Å². The second kappa shape index (κ2) is 1.88. The van der Waals surface area contributed by atoms with Gasteiger partial charge in [-0.15, -0.1) is 0 Å². The van der Waals surface area contributed by atoms with Gasteiger partial charge in [0.2, 0.25) is 4.33 Å². The summed E-state index contributed by atoms with van der Waals surface area (Å²) in [4.78, 5) is 9.65. The zero-order valence-corrected chi connectivity index (χ0v) is 5.08. The molecular weight excluding hydrogens is 139 g/mol. The van der Waals surface area contributed by atoms with E-state index in [9.17, 15) is 9.90 Å². The van der Waals surface area contributed by atoms with Crippen molar-refractivity contribution in [2.45, 2.75) is 11.3 Å². The number of hydrogen-bond donors (Lipinski definition) is 0. The summed E-state index contributed by atoms with van der Waals surface area (Å²) < 4.78 is -1.75. The van der Waals surface area contributed by atoms with E-state index in [1.807, 2.05) is 0 Å². The van der Waals surface area contributed by atoms with E-state index in [1.54, 1.807) is 0 Å². The van der Waals surface area contributed by atoms with Crippen molar-refractivity contribution in [3.8, 4) is 0 Å². The Balaban J connectivity index is 3.79. The summed E-state index contributed by atoms with van der Waals surface area (Å²) in [5.74, 6) is -1.48. The number of carbonyl (C=O) groups is 1. The Labute approximate surface area is 51.0 Å². The van der Waals surface area contributed by atoms with E-state index in [1.165, 1.54) is 0 Å². The van der Waals surface area contributed by atoms with Gasteiger partial charge in [0.05, 0.1) is 0 Å². The number of rotatable bonds is 1. The summed E-state index contributed by atoms with van der Waals surface area (Å²) in [5, 5.41) is 9.65. The number of alkyl halides is 2. The molecule has 0 aromatic carbocycles. The highest BCUT2D eigenvalue weighted by molar-refractivity contribution is 6.56. The Hall–Kier alpha value is 0.0500. The molecule has 0 amide bonds. The summed E-state index contributed by atoms with van der Waals surface area (Å²) in [7, 11) is 0. The molecule has 0 unspecified atom stereocenters. The van der Waals surface area contributed by atoms with Crippen LogP contribution in [0.25, 0.3) is 0 Å². The second-order valence-corrected chi connectivity index (χ2v) is 2.88. The molecule has 0 spiro atoms. The maximum absolute atomic E-state index is 9.65. The van der Waals surface area contributed by atoms with Crippen LogP contribution in [-0.4, -0.2) is 10.3 Å². The van der Waals surface area contributed by atoms with Gasteiger partial charge in [-0.2, -0.15) is 0 Å². The highest BCUT2D eigenvalue weighted by atomic mass is 35.5. The highest BCUT2D eigenvalue weighted by Gasteiger charge is 2.28. The first-order valence-corrected chi connectivity index (χ1v) is 2.29. The van der Waals surface area contributed by atoms with Crippen LogP contribution in [0.5, 0.6) is 0 Å². The summed E-state index contributed by atoms with van der Waals surface area (Å²) in [6.45, 7) is 1.13. The number of carbonyl (C=O) groups excluding carboxylic acids is 1. The van der Waals surface area contributed by atoms with Crippen LogP contribution >= 0.6 is 23.2 Å². The van der Waals surface area contributed by atoms with Crippen molar-refractivity contribution < 1.29 is 9.90 Å². The fourth-order valence-corrected chi connectivity index (χ4v) is 0. The fraction of sp³-hybridized carbons (Fsp3) is 0.667. The third-order valence-corrected chi connectivity index (χ3v) is 0.667. The van der Waals surface area contributed by atoms with Crippen molar-refractivity contribution in [1.82, 2.24) is 0 Å². The average molecular weight is 142 g/mol. The number of halogens is 2. The zero-order chi connectivity index (χ0) is 6.08. The first-order valence-electron chi connectivity index (χ1n) is 1.54. The molecular formula is C3H3Cl2O2. The summed E-state index contributed by atoms with van der Waals surface area (Å²) in [6, 6.07) is 0. The lowest BCUT2D eigenvalue weighted by Gasteiger charge is -1.99. The van der Waals surface area contributed by atoms with Crippen LogP contribution in [0.4, 0.5) is 0 Å². The van der Waals surface area contributed by atoms with Gasteiger partial charge in [-0.05, 0) is 6.92 Å². The fourth-order valence-electron chi connectivity index (χ4n) is 0. The predicted molar refractivity (Wildman–Crippen MR) is 25.8 cm³/mol. The molecule has 0 aliphatic rings.